The molecule has 0 bridgehead atoms. The highest BCUT2D eigenvalue weighted by Gasteiger charge is 2.55. The van der Waals surface area contributed by atoms with E-state index >= 15 is 0 Å². The maximum absolute atomic E-state index is 6.44. The summed E-state index contributed by atoms with van der Waals surface area (Å²) in [6, 6.07) is 0. The second kappa shape index (κ2) is 4.51. The number of alkyl halides is 1. The van der Waals surface area contributed by atoms with E-state index in [0.29, 0.717) is 16.2 Å². The van der Waals surface area contributed by atoms with Gasteiger partial charge in [-0.2, -0.15) is 0 Å². The van der Waals surface area contributed by atoms with Crippen molar-refractivity contribution in [3.05, 3.63) is 11.6 Å². The topological polar surface area (TPSA) is 0 Å². The van der Waals surface area contributed by atoms with E-state index < -0.39 is 0 Å². The summed E-state index contributed by atoms with van der Waals surface area (Å²) in [6.45, 7) is 5.17. The van der Waals surface area contributed by atoms with Crippen molar-refractivity contribution in [1.82, 2.24) is 0 Å². The van der Waals surface area contributed by atoms with Crippen LogP contribution in [0.1, 0.15) is 71.6 Å². The van der Waals surface area contributed by atoms with Crippen LogP contribution in [-0.4, -0.2) is 5.38 Å². The summed E-state index contributed by atoms with van der Waals surface area (Å²) in [5.41, 5.74) is 2.91. The number of fused-ring (bicyclic) bond motifs is 5. The molecule has 0 aromatic heterocycles. The van der Waals surface area contributed by atoms with Gasteiger partial charge in [-0.15, -0.1) is 11.6 Å². The lowest BCUT2D eigenvalue weighted by molar-refractivity contribution is -0.0245. The highest BCUT2D eigenvalue weighted by atomic mass is 35.5. The lowest BCUT2D eigenvalue weighted by atomic mass is 9.48. The summed E-state index contributed by atoms with van der Waals surface area (Å²) in [5.74, 6) is 2.96. The monoisotopic (exact) mass is 292 g/mol. The zero-order valence-electron chi connectivity index (χ0n) is 13.1. The van der Waals surface area contributed by atoms with Crippen molar-refractivity contribution >= 4 is 11.6 Å². The van der Waals surface area contributed by atoms with E-state index in [4.69, 9.17) is 11.6 Å². The molecule has 6 atom stereocenters. The minimum Gasteiger partial charge on any atom is -0.123 e. The maximum atomic E-state index is 6.44. The van der Waals surface area contributed by atoms with E-state index in [1.165, 1.54) is 57.8 Å². The molecule has 0 heterocycles. The summed E-state index contributed by atoms with van der Waals surface area (Å²) >= 11 is 6.44. The zero-order chi connectivity index (χ0) is 14.0. The van der Waals surface area contributed by atoms with Gasteiger partial charge in [0.05, 0.1) is 0 Å². The van der Waals surface area contributed by atoms with E-state index in [2.05, 4.69) is 19.9 Å². The number of halogens is 1. The average molecular weight is 293 g/mol. The zero-order valence-corrected chi connectivity index (χ0v) is 13.9. The molecule has 1 heteroatoms. The molecule has 0 aromatic carbocycles. The molecule has 0 spiro atoms. The van der Waals surface area contributed by atoms with Crippen LogP contribution < -0.4 is 0 Å². The van der Waals surface area contributed by atoms with Crippen molar-refractivity contribution in [1.29, 1.82) is 0 Å². The third-order valence-electron chi connectivity index (χ3n) is 7.82. The molecule has 0 aliphatic heterocycles. The molecule has 4 rings (SSSR count). The summed E-state index contributed by atoms with van der Waals surface area (Å²) in [4.78, 5) is 0. The molecule has 0 unspecified atom stereocenters. The summed E-state index contributed by atoms with van der Waals surface area (Å²) in [5, 5.41) is 0.409. The van der Waals surface area contributed by atoms with Crippen molar-refractivity contribution in [3.63, 3.8) is 0 Å². The Kier molecular flexibility index (Phi) is 3.09. The van der Waals surface area contributed by atoms with E-state index in [0.717, 1.165) is 17.8 Å². The number of hydrogen-bond donors (Lipinski definition) is 0. The molecule has 0 radical (unpaired) electrons. The third kappa shape index (κ3) is 1.79. The molecule has 3 saturated carbocycles. The largest absolute Gasteiger partial charge is 0.123 e. The van der Waals surface area contributed by atoms with Crippen molar-refractivity contribution in [2.24, 2.45) is 28.6 Å². The Balaban J connectivity index is 1.68. The van der Waals surface area contributed by atoms with Crippen LogP contribution in [-0.2, 0) is 0 Å². The van der Waals surface area contributed by atoms with Gasteiger partial charge in [-0.05, 0) is 80.0 Å². The van der Waals surface area contributed by atoms with E-state index in [9.17, 15) is 0 Å². The van der Waals surface area contributed by atoms with Gasteiger partial charge in [0.1, 0.15) is 0 Å². The normalized spacial score (nSPS) is 54.6. The lowest BCUT2D eigenvalue weighted by Crippen LogP contribution is -2.48. The first-order valence-corrected chi connectivity index (χ1v) is 9.30. The summed E-state index contributed by atoms with van der Waals surface area (Å²) in [6.07, 6.45) is 15.2. The quantitative estimate of drug-likeness (QED) is 0.382. The number of allylic oxidation sites excluding steroid dienone is 2. The van der Waals surface area contributed by atoms with Crippen LogP contribution in [0.5, 0.6) is 0 Å². The minimum absolute atomic E-state index is 0.409. The first kappa shape index (κ1) is 13.7. The van der Waals surface area contributed by atoms with Crippen LogP contribution in [0.15, 0.2) is 11.6 Å². The van der Waals surface area contributed by atoms with Gasteiger partial charge in [-0.25, -0.2) is 0 Å². The molecule has 112 valence electrons. The van der Waals surface area contributed by atoms with E-state index in [-0.39, 0.29) is 0 Å². The molecule has 0 amide bonds. The Morgan fingerprint density at radius 2 is 1.90 bits per heavy atom. The predicted octanol–water partition coefficient (Wildman–Crippen LogP) is 5.95. The predicted molar refractivity (Wildman–Crippen MR) is 86.0 cm³/mol. The Hall–Kier alpha value is 0.0300. The molecule has 0 saturated heterocycles. The van der Waals surface area contributed by atoms with Gasteiger partial charge in [0.2, 0.25) is 0 Å². The average Bonchev–Trinajstić information content (AvgIpc) is 2.81. The highest BCUT2D eigenvalue weighted by molar-refractivity contribution is 6.20. The molecule has 3 fully saturated rings. The SMILES string of the molecule is C[C@]12CCC[C@@H]1[C@H]1CC=C3C[C@@H](Cl)CC[C@]3(C)[C@@H]1CC2. The second-order valence-electron chi connectivity index (χ2n) is 8.68. The van der Waals surface area contributed by atoms with Crippen molar-refractivity contribution < 1.29 is 0 Å². The van der Waals surface area contributed by atoms with Crippen LogP contribution in [0, 0.1) is 28.6 Å². The first-order chi connectivity index (χ1) is 9.53. The first-order valence-electron chi connectivity index (χ1n) is 8.86. The van der Waals surface area contributed by atoms with Crippen LogP contribution in [0.4, 0.5) is 0 Å². The molecule has 20 heavy (non-hydrogen) atoms. The summed E-state index contributed by atoms with van der Waals surface area (Å²) in [7, 11) is 0. The Morgan fingerprint density at radius 3 is 2.75 bits per heavy atom. The third-order valence-corrected chi connectivity index (χ3v) is 8.20. The standard InChI is InChI=1S/C19H29Cl/c1-18-9-3-4-16(18)15-6-5-13-12-14(20)7-11-19(13,2)17(15)8-10-18/h5,14-17H,3-4,6-12H2,1-2H3/t14-,15+,16+,17+,18+,19-/m0/s1. The number of rotatable bonds is 0. The van der Waals surface area contributed by atoms with Gasteiger partial charge in [0.15, 0.2) is 0 Å². The molecule has 0 N–H and O–H groups in total. The highest BCUT2D eigenvalue weighted by Crippen LogP contribution is 2.64. The van der Waals surface area contributed by atoms with Gasteiger partial charge in [-0.1, -0.05) is 31.9 Å². The van der Waals surface area contributed by atoms with E-state index in [1.54, 1.807) is 5.57 Å². The molecule has 0 nitrogen and oxygen atoms in total. The van der Waals surface area contributed by atoms with Gasteiger partial charge in [0.25, 0.3) is 0 Å². The minimum atomic E-state index is 0.409. The van der Waals surface area contributed by atoms with Crippen LogP contribution in [0.2, 0.25) is 0 Å². The van der Waals surface area contributed by atoms with Crippen LogP contribution >= 0.6 is 11.6 Å². The number of hydrogen-bond acceptors (Lipinski definition) is 0. The van der Waals surface area contributed by atoms with Gasteiger partial charge in [0, 0.05) is 5.38 Å². The van der Waals surface area contributed by atoms with Crippen molar-refractivity contribution in [2.45, 2.75) is 77.0 Å². The maximum Gasteiger partial charge on any atom is 0.0373 e. The van der Waals surface area contributed by atoms with Gasteiger partial charge in [-0.3, -0.25) is 0 Å². The lowest BCUT2D eigenvalue weighted by Gasteiger charge is -2.57. The second-order valence-corrected chi connectivity index (χ2v) is 9.30. The molecular formula is C19H29Cl. The fourth-order valence-electron chi connectivity index (χ4n) is 6.61. The Bertz CT molecular complexity index is 439. The van der Waals surface area contributed by atoms with Crippen LogP contribution in [0.25, 0.3) is 0 Å². The summed E-state index contributed by atoms with van der Waals surface area (Å²) < 4.78 is 0. The molecule has 4 aliphatic rings. The molecule has 4 aliphatic carbocycles. The Labute approximate surface area is 129 Å². The van der Waals surface area contributed by atoms with Crippen LogP contribution in [0.3, 0.4) is 0 Å². The van der Waals surface area contributed by atoms with Crippen molar-refractivity contribution in [3.8, 4) is 0 Å². The molecular weight excluding hydrogens is 264 g/mol. The Morgan fingerprint density at radius 1 is 1.05 bits per heavy atom. The van der Waals surface area contributed by atoms with Gasteiger partial charge >= 0.3 is 0 Å². The fourth-order valence-corrected chi connectivity index (χ4v) is 6.88. The van der Waals surface area contributed by atoms with Crippen molar-refractivity contribution in [2.75, 3.05) is 0 Å². The fraction of sp³-hybridized carbons (Fsp3) is 0.895. The molecule has 0 aromatic rings. The smallest absolute Gasteiger partial charge is 0.0373 e. The van der Waals surface area contributed by atoms with E-state index in [1.807, 2.05) is 0 Å². The van der Waals surface area contributed by atoms with Gasteiger partial charge < -0.3 is 0 Å².